The molecule has 0 aromatic carbocycles. The second-order valence-corrected chi connectivity index (χ2v) is 3.00. The van der Waals surface area contributed by atoms with Crippen LogP contribution in [0.1, 0.15) is 23.9 Å². The lowest BCUT2D eigenvalue weighted by Crippen LogP contribution is -2.13. The highest BCUT2D eigenvalue weighted by Crippen LogP contribution is 2.19. The first-order valence-electron chi connectivity index (χ1n) is 4.43. The molecule has 1 aromatic rings. The minimum absolute atomic E-state index is 0.525. The van der Waals surface area contributed by atoms with Crippen molar-refractivity contribution in [1.82, 2.24) is 9.78 Å². The molecule has 0 unspecified atom stereocenters. The van der Waals surface area contributed by atoms with Gasteiger partial charge in [0.1, 0.15) is 6.07 Å². The summed E-state index contributed by atoms with van der Waals surface area (Å²) in [6, 6.07) is 2.10. The highest BCUT2D eigenvalue weighted by atomic mass is 16.5. The Balaban J connectivity index is 2.52. The van der Waals surface area contributed by atoms with Crippen LogP contribution in [0.4, 0.5) is 0 Å². The molecule has 13 heavy (non-hydrogen) atoms. The Morgan fingerprint density at radius 3 is 3.23 bits per heavy atom. The molecule has 0 radical (unpaired) electrons. The molecular formula is C9H11N3O. The van der Waals surface area contributed by atoms with Gasteiger partial charge >= 0.3 is 0 Å². The number of nitrogens with zero attached hydrogens (tertiary/aromatic N) is 3. The van der Waals surface area contributed by atoms with Gasteiger partial charge in [-0.05, 0) is 6.92 Å². The number of nitriles is 1. The maximum atomic E-state index is 8.82. The van der Waals surface area contributed by atoms with E-state index in [1.807, 2.05) is 11.6 Å². The maximum Gasteiger partial charge on any atom is 0.168 e. The van der Waals surface area contributed by atoms with Crippen molar-refractivity contribution >= 4 is 0 Å². The zero-order chi connectivity index (χ0) is 9.26. The third-order valence-electron chi connectivity index (χ3n) is 2.30. The fourth-order valence-electron chi connectivity index (χ4n) is 1.66. The maximum absolute atomic E-state index is 8.82. The quantitative estimate of drug-likeness (QED) is 0.639. The Kier molecular flexibility index (Phi) is 2.03. The molecule has 1 aliphatic heterocycles. The Bertz CT molecular complexity index is 362. The highest BCUT2D eigenvalue weighted by molar-refractivity contribution is 5.35. The van der Waals surface area contributed by atoms with E-state index in [-0.39, 0.29) is 0 Å². The predicted octanol–water partition coefficient (Wildman–Crippen LogP) is 0.847. The van der Waals surface area contributed by atoms with E-state index in [1.54, 1.807) is 0 Å². The summed E-state index contributed by atoms with van der Waals surface area (Å²) in [5.41, 5.74) is 2.68. The Labute approximate surface area is 76.7 Å². The van der Waals surface area contributed by atoms with Crippen LogP contribution in [0.3, 0.4) is 0 Å². The molecule has 0 saturated heterocycles. The van der Waals surface area contributed by atoms with Crippen molar-refractivity contribution in [1.29, 1.82) is 5.26 Å². The van der Waals surface area contributed by atoms with E-state index in [1.165, 1.54) is 5.69 Å². The average molecular weight is 177 g/mol. The number of hydrogen-bond acceptors (Lipinski definition) is 3. The second kappa shape index (κ2) is 3.19. The van der Waals surface area contributed by atoms with Gasteiger partial charge in [-0.25, -0.2) is 0 Å². The van der Waals surface area contributed by atoms with E-state index in [4.69, 9.17) is 10.00 Å². The molecule has 2 rings (SSSR count). The molecule has 0 bridgehead atoms. The number of hydrogen-bond donors (Lipinski definition) is 0. The van der Waals surface area contributed by atoms with E-state index < -0.39 is 0 Å². The zero-order valence-electron chi connectivity index (χ0n) is 7.58. The number of fused-ring (bicyclic) bond motifs is 1. The molecule has 4 nitrogen and oxygen atoms in total. The van der Waals surface area contributed by atoms with E-state index in [9.17, 15) is 0 Å². The summed E-state index contributed by atoms with van der Waals surface area (Å²) >= 11 is 0. The summed E-state index contributed by atoms with van der Waals surface area (Å²) in [4.78, 5) is 0. The minimum atomic E-state index is 0.525. The standard InChI is InChI=1S/C9H11N3O/c1-2-12-9-3-4-13-6-7(9)8(5-10)11-12/h2-4,6H2,1H3. The topological polar surface area (TPSA) is 50.8 Å². The van der Waals surface area contributed by atoms with Gasteiger partial charge in [0.2, 0.25) is 0 Å². The van der Waals surface area contributed by atoms with Crippen molar-refractivity contribution in [3.05, 3.63) is 17.0 Å². The molecule has 0 aliphatic carbocycles. The lowest BCUT2D eigenvalue weighted by Gasteiger charge is -2.13. The summed E-state index contributed by atoms with van der Waals surface area (Å²) in [6.07, 6.45) is 0.873. The van der Waals surface area contributed by atoms with Crippen molar-refractivity contribution < 1.29 is 4.74 Å². The molecule has 0 saturated carbocycles. The van der Waals surface area contributed by atoms with Gasteiger partial charge in [-0.3, -0.25) is 4.68 Å². The van der Waals surface area contributed by atoms with Crippen molar-refractivity contribution in [2.75, 3.05) is 6.61 Å². The van der Waals surface area contributed by atoms with Crippen LogP contribution in [0.2, 0.25) is 0 Å². The van der Waals surface area contributed by atoms with Crippen molar-refractivity contribution in [2.24, 2.45) is 0 Å². The molecule has 68 valence electrons. The first-order chi connectivity index (χ1) is 6.36. The Morgan fingerprint density at radius 2 is 2.54 bits per heavy atom. The summed E-state index contributed by atoms with van der Waals surface area (Å²) in [6.45, 7) is 4.13. The van der Waals surface area contributed by atoms with E-state index in [0.717, 1.165) is 25.1 Å². The third kappa shape index (κ3) is 1.21. The molecule has 0 N–H and O–H groups in total. The first kappa shape index (κ1) is 8.27. The number of aromatic nitrogens is 2. The average Bonchev–Trinajstić information content (AvgIpc) is 2.56. The van der Waals surface area contributed by atoms with Gasteiger partial charge in [0, 0.05) is 24.2 Å². The summed E-state index contributed by atoms with van der Waals surface area (Å²) in [5.74, 6) is 0. The molecule has 4 heteroatoms. The van der Waals surface area contributed by atoms with Gasteiger partial charge in [0.15, 0.2) is 5.69 Å². The SMILES string of the molecule is CCn1nc(C#N)c2c1CCOC2. The summed E-state index contributed by atoms with van der Waals surface area (Å²) in [5, 5.41) is 13.0. The number of rotatable bonds is 1. The molecule has 0 amide bonds. The van der Waals surface area contributed by atoms with Gasteiger partial charge in [-0.2, -0.15) is 10.4 Å². The smallest absolute Gasteiger partial charge is 0.168 e. The van der Waals surface area contributed by atoms with Crippen molar-refractivity contribution in [3.63, 3.8) is 0 Å². The fraction of sp³-hybridized carbons (Fsp3) is 0.556. The van der Waals surface area contributed by atoms with Gasteiger partial charge in [-0.1, -0.05) is 0 Å². The lowest BCUT2D eigenvalue weighted by atomic mass is 10.1. The van der Waals surface area contributed by atoms with Crippen molar-refractivity contribution in [3.8, 4) is 6.07 Å². The zero-order valence-corrected chi connectivity index (χ0v) is 7.58. The summed E-state index contributed by atoms with van der Waals surface area (Å²) in [7, 11) is 0. The molecule has 0 atom stereocenters. The van der Waals surface area contributed by atoms with Crippen LogP contribution in [-0.4, -0.2) is 16.4 Å². The minimum Gasteiger partial charge on any atom is -0.376 e. The number of ether oxygens (including phenoxy) is 1. The lowest BCUT2D eigenvalue weighted by molar-refractivity contribution is 0.108. The Morgan fingerprint density at radius 1 is 1.69 bits per heavy atom. The molecule has 2 heterocycles. The Hall–Kier alpha value is -1.34. The first-order valence-corrected chi connectivity index (χ1v) is 4.43. The largest absolute Gasteiger partial charge is 0.376 e. The van der Waals surface area contributed by atoms with E-state index in [0.29, 0.717) is 12.3 Å². The van der Waals surface area contributed by atoms with Gasteiger partial charge in [-0.15, -0.1) is 0 Å². The van der Waals surface area contributed by atoms with Crippen LogP contribution < -0.4 is 0 Å². The van der Waals surface area contributed by atoms with Crippen molar-refractivity contribution in [2.45, 2.75) is 26.5 Å². The molecular weight excluding hydrogens is 166 g/mol. The van der Waals surface area contributed by atoms with Gasteiger partial charge < -0.3 is 4.74 Å². The molecule has 0 spiro atoms. The van der Waals surface area contributed by atoms with Crippen LogP contribution in [0.25, 0.3) is 0 Å². The van der Waals surface area contributed by atoms with Gasteiger partial charge in [0.05, 0.1) is 13.2 Å². The fourth-order valence-corrected chi connectivity index (χ4v) is 1.66. The third-order valence-corrected chi connectivity index (χ3v) is 2.30. The second-order valence-electron chi connectivity index (χ2n) is 3.00. The van der Waals surface area contributed by atoms with Gasteiger partial charge in [0.25, 0.3) is 0 Å². The molecule has 1 aliphatic rings. The van der Waals surface area contributed by atoms with E-state index >= 15 is 0 Å². The van der Waals surface area contributed by atoms with Crippen LogP contribution in [0.15, 0.2) is 0 Å². The highest BCUT2D eigenvalue weighted by Gasteiger charge is 2.19. The monoisotopic (exact) mass is 177 g/mol. The predicted molar refractivity (Wildman–Crippen MR) is 46.0 cm³/mol. The van der Waals surface area contributed by atoms with Crippen LogP contribution in [0.5, 0.6) is 0 Å². The van der Waals surface area contributed by atoms with Crippen LogP contribution >= 0.6 is 0 Å². The summed E-state index contributed by atoms with van der Waals surface area (Å²) < 4.78 is 7.19. The normalized spacial score (nSPS) is 15.1. The van der Waals surface area contributed by atoms with E-state index in [2.05, 4.69) is 11.2 Å². The molecule has 1 aromatic heterocycles. The van der Waals surface area contributed by atoms with Crippen LogP contribution in [-0.2, 0) is 24.3 Å². The van der Waals surface area contributed by atoms with Crippen LogP contribution in [0, 0.1) is 11.3 Å². The molecule has 0 fully saturated rings. The number of aryl methyl sites for hydroxylation is 1.